The summed E-state index contributed by atoms with van der Waals surface area (Å²) in [5.41, 5.74) is 3.11. The zero-order valence-electron chi connectivity index (χ0n) is 9.48. The van der Waals surface area contributed by atoms with Gasteiger partial charge in [-0.3, -0.25) is 4.79 Å². The van der Waals surface area contributed by atoms with Crippen LogP contribution in [0.3, 0.4) is 0 Å². The first-order valence-corrected chi connectivity index (χ1v) is 5.86. The Labute approximate surface area is 98.1 Å². The zero-order chi connectivity index (χ0) is 11.8. The van der Waals surface area contributed by atoms with E-state index in [1.807, 2.05) is 32.0 Å². The van der Waals surface area contributed by atoms with E-state index >= 15 is 0 Å². The molecule has 0 saturated carbocycles. The van der Waals surface area contributed by atoms with Gasteiger partial charge in [-0.1, -0.05) is 6.07 Å². The molecule has 84 valence electrons. The normalized spacial score (nSPS) is 11.7. The lowest BCUT2D eigenvalue weighted by molar-refractivity contribution is -0.146. The monoisotopic (exact) mass is 235 g/mol. The van der Waals surface area contributed by atoms with E-state index in [0.29, 0.717) is 0 Å². The molecule has 0 aliphatic rings. The van der Waals surface area contributed by atoms with Crippen molar-refractivity contribution >= 4 is 27.5 Å². The molecule has 0 fully saturated rings. The molecular weight excluding hydrogens is 222 g/mol. The summed E-state index contributed by atoms with van der Waals surface area (Å²) in [6.45, 7) is 3.72. The fourth-order valence-corrected chi connectivity index (χ4v) is 2.33. The highest BCUT2D eigenvalue weighted by atomic mass is 32.1. The average Bonchev–Trinajstić information content (AvgIpc) is 2.74. The molecule has 0 saturated heterocycles. The molecule has 0 aliphatic heterocycles. The van der Waals surface area contributed by atoms with Crippen LogP contribution in [0.4, 0.5) is 0 Å². The van der Waals surface area contributed by atoms with Gasteiger partial charge in [0.25, 0.3) is 0 Å². The Morgan fingerprint density at radius 1 is 1.44 bits per heavy atom. The predicted molar refractivity (Wildman–Crippen MR) is 64.7 cm³/mol. The molecule has 0 unspecified atom stereocenters. The van der Waals surface area contributed by atoms with E-state index in [2.05, 4.69) is 4.98 Å². The fourth-order valence-electron chi connectivity index (χ4n) is 1.62. The van der Waals surface area contributed by atoms with Crippen LogP contribution < -0.4 is 0 Å². The summed E-state index contributed by atoms with van der Waals surface area (Å²) in [7, 11) is 1.41. The number of fused-ring (bicyclic) bond motifs is 1. The van der Waals surface area contributed by atoms with Crippen LogP contribution in [-0.2, 0) is 14.9 Å². The van der Waals surface area contributed by atoms with Gasteiger partial charge in [0.15, 0.2) is 0 Å². The number of aromatic nitrogens is 1. The molecule has 0 amide bonds. The van der Waals surface area contributed by atoms with Gasteiger partial charge < -0.3 is 4.74 Å². The summed E-state index contributed by atoms with van der Waals surface area (Å²) in [5, 5.41) is 0. The number of methoxy groups -OCH3 is 1. The van der Waals surface area contributed by atoms with Crippen LogP contribution in [0.1, 0.15) is 19.4 Å². The lowest BCUT2D eigenvalue weighted by Crippen LogP contribution is -2.30. The molecule has 4 heteroatoms. The van der Waals surface area contributed by atoms with Crippen molar-refractivity contribution < 1.29 is 9.53 Å². The standard InChI is InChI=1S/C12H13NO2S/c1-12(2,11(14)15-3)8-4-5-9-10(6-8)16-7-13-9/h4-7H,1-3H3. The van der Waals surface area contributed by atoms with Crippen LogP contribution in [0.5, 0.6) is 0 Å². The number of nitrogens with zero attached hydrogens (tertiary/aromatic N) is 1. The topological polar surface area (TPSA) is 39.2 Å². The molecule has 0 atom stereocenters. The predicted octanol–water partition coefficient (Wildman–Crippen LogP) is 2.75. The molecule has 0 radical (unpaired) electrons. The molecule has 2 aromatic rings. The third-order valence-electron chi connectivity index (χ3n) is 2.75. The van der Waals surface area contributed by atoms with Crippen molar-refractivity contribution in [1.29, 1.82) is 0 Å². The molecule has 0 aliphatic carbocycles. The number of carbonyl (C=O) groups excluding carboxylic acids is 1. The third-order valence-corrected chi connectivity index (χ3v) is 3.54. The summed E-state index contributed by atoms with van der Waals surface area (Å²) >= 11 is 1.57. The Morgan fingerprint density at radius 2 is 2.19 bits per heavy atom. The number of thiazole rings is 1. The first kappa shape index (κ1) is 11.1. The van der Waals surface area contributed by atoms with Gasteiger partial charge in [-0.25, -0.2) is 4.98 Å². The molecule has 1 heterocycles. The highest BCUT2D eigenvalue weighted by molar-refractivity contribution is 7.16. The van der Waals surface area contributed by atoms with Crippen molar-refractivity contribution in [3.63, 3.8) is 0 Å². The van der Waals surface area contributed by atoms with Crippen LogP contribution >= 0.6 is 11.3 Å². The van der Waals surface area contributed by atoms with E-state index in [1.165, 1.54) is 7.11 Å². The summed E-state index contributed by atoms with van der Waals surface area (Å²) in [6.07, 6.45) is 0. The van der Waals surface area contributed by atoms with Crippen LogP contribution in [0.25, 0.3) is 10.2 Å². The first-order valence-electron chi connectivity index (χ1n) is 4.98. The summed E-state index contributed by atoms with van der Waals surface area (Å²) in [4.78, 5) is 15.9. The highest BCUT2D eigenvalue weighted by Gasteiger charge is 2.31. The maximum Gasteiger partial charge on any atom is 0.315 e. The molecule has 2 rings (SSSR count). The number of esters is 1. The van der Waals surface area contributed by atoms with Crippen molar-refractivity contribution in [1.82, 2.24) is 4.98 Å². The first-order chi connectivity index (χ1) is 7.55. The fraction of sp³-hybridized carbons (Fsp3) is 0.333. The van der Waals surface area contributed by atoms with Crippen molar-refractivity contribution in [3.8, 4) is 0 Å². The van der Waals surface area contributed by atoms with Crippen molar-refractivity contribution in [3.05, 3.63) is 29.3 Å². The van der Waals surface area contributed by atoms with E-state index in [9.17, 15) is 4.79 Å². The molecule has 0 N–H and O–H groups in total. The summed E-state index contributed by atoms with van der Waals surface area (Å²) < 4.78 is 5.90. The van der Waals surface area contributed by atoms with Crippen molar-refractivity contribution in [2.75, 3.05) is 7.11 Å². The van der Waals surface area contributed by atoms with E-state index < -0.39 is 5.41 Å². The van der Waals surface area contributed by atoms with Crippen molar-refractivity contribution in [2.45, 2.75) is 19.3 Å². The second-order valence-corrected chi connectivity index (χ2v) is 5.04. The number of carbonyl (C=O) groups is 1. The van der Waals surface area contributed by atoms with Crippen LogP contribution in [0.15, 0.2) is 23.7 Å². The number of hydrogen-bond acceptors (Lipinski definition) is 4. The zero-order valence-corrected chi connectivity index (χ0v) is 10.3. The molecule has 3 nitrogen and oxygen atoms in total. The Bertz CT molecular complexity index is 531. The van der Waals surface area contributed by atoms with Crippen LogP contribution in [0, 0.1) is 0 Å². The molecule has 16 heavy (non-hydrogen) atoms. The van der Waals surface area contributed by atoms with Crippen molar-refractivity contribution in [2.24, 2.45) is 0 Å². The minimum Gasteiger partial charge on any atom is -0.468 e. The highest BCUT2D eigenvalue weighted by Crippen LogP contribution is 2.28. The summed E-state index contributed by atoms with van der Waals surface area (Å²) in [6, 6.07) is 5.87. The van der Waals surface area contributed by atoms with Gasteiger partial charge in [0, 0.05) is 0 Å². The third kappa shape index (κ3) is 1.69. The minimum absolute atomic E-state index is 0.226. The van der Waals surface area contributed by atoms with Crippen LogP contribution in [-0.4, -0.2) is 18.1 Å². The van der Waals surface area contributed by atoms with Gasteiger partial charge in [-0.2, -0.15) is 0 Å². The van der Waals surface area contributed by atoms with Gasteiger partial charge in [0.05, 0.1) is 28.3 Å². The van der Waals surface area contributed by atoms with Gasteiger partial charge in [0.2, 0.25) is 0 Å². The number of benzene rings is 1. The smallest absolute Gasteiger partial charge is 0.315 e. The SMILES string of the molecule is COC(=O)C(C)(C)c1ccc2ncsc2c1. The molecule has 0 spiro atoms. The largest absolute Gasteiger partial charge is 0.468 e. The van der Waals surface area contributed by atoms with Gasteiger partial charge in [-0.15, -0.1) is 11.3 Å². The number of ether oxygens (including phenoxy) is 1. The van der Waals surface area contributed by atoms with E-state index in [4.69, 9.17) is 4.74 Å². The summed E-state index contributed by atoms with van der Waals surface area (Å²) in [5.74, 6) is -0.226. The second-order valence-electron chi connectivity index (χ2n) is 4.15. The average molecular weight is 235 g/mol. The lowest BCUT2D eigenvalue weighted by Gasteiger charge is -2.21. The van der Waals surface area contributed by atoms with Crippen LogP contribution in [0.2, 0.25) is 0 Å². The maximum absolute atomic E-state index is 11.7. The number of hydrogen-bond donors (Lipinski definition) is 0. The maximum atomic E-state index is 11.7. The second kappa shape index (κ2) is 3.87. The van der Waals surface area contributed by atoms with E-state index in [0.717, 1.165) is 15.8 Å². The molecular formula is C12H13NO2S. The van der Waals surface area contributed by atoms with Gasteiger partial charge >= 0.3 is 5.97 Å². The Hall–Kier alpha value is -1.42. The molecule has 0 bridgehead atoms. The van der Waals surface area contributed by atoms with E-state index in [-0.39, 0.29) is 5.97 Å². The Kier molecular flexibility index (Phi) is 2.68. The van der Waals surface area contributed by atoms with E-state index in [1.54, 1.807) is 16.8 Å². The molecule has 1 aromatic carbocycles. The lowest BCUT2D eigenvalue weighted by atomic mass is 9.85. The Morgan fingerprint density at radius 3 is 2.88 bits per heavy atom. The quantitative estimate of drug-likeness (QED) is 0.751. The minimum atomic E-state index is -0.618. The molecule has 1 aromatic heterocycles. The van der Waals surface area contributed by atoms with Gasteiger partial charge in [-0.05, 0) is 31.5 Å². The number of rotatable bonds is 2. The Balaban J connectivity index is 2.50. The van der Waals surface area contributed by atoms with Gasteiger partial charge in [0.1, 0.15) is 0 Å².